The first-order chi connectivity index (χ1) is 13.5. The molecule has 0 amide bonds. The lowest BCUT2D eigenvalue weighted by Gasteiger charge is -2.37. The summed E-state index contributed by atoms with van der Waals surface area (Å²) in [5, 5.41) is 6.93. The van der Waals surface area contributed by atoms with E-state index in [1.165, 1.54) is 7.11 Å². The van der Waals surface area contributed by atoms with Crippen molar-refractivity contribution in [3.8, 4) is 5.75 Å². The van der Waals surface area contributed by atoms with Crippen LogP contribution in [0.3, 0.4) is 0 Å². The number of halogens is 2. The third-order valence-electron chi connectivity index (χ3n) is 5.41. The van der Waals surface area contributed by atoms with E-state index in [0.717, 1.165) is 70.3 Å². The number of nitrogens with one attached hydrogen (secondary N) is 2. The molecule has 2 saturated heterocycles. The quantitative estimate of drug-likeness (QED) is 0.329. The predicted molar refractivity (Wildman–Crippen MR) is 125 cm³/mol. The second kappa shape index (κ2) is 11.3. The standard InChI is InChI=1S/C21H33FN4O2.HI/c1-4-23-20(24-13-21(2)14-28-15-21)25-17-7-9-26(10-8-17)12-16-5-6-19(27-3)18(22)11-16;/h5-6,11,17H,4,7-10,12-15H2,1-3H3,(H2,23,24,25);1H. The SMILES string of the molecule is CCNC(=NCC1(C)COC1)NC1CCN(Cc2ccc(OC)c(F)c2)CC1.I. The molecule has 2 aliphatic heterocycles. The second-order valence-electron chi connectivity index (χ2n) is 8.16. The molecule has 0 radical (unpaired) electrons. The first kappa shape index (κ1) is 24.1. The van der Waals surface area contributed by atoms with Gasteiger partial charge in [-0.05, 0) is 37.5 Å². The Labute approximate surface area is 190 Å². The summed E-state index contributed by atoms with van der Waals surface area (Å²) in [5.41, 5.74) is 1.16. The van der Waals surface area contributed by atoms with Gasteiger partial charge in [0.15, 0.2) is 17.5 Å². The summed E-state index contributed by atoms with van der Waals surface area (Å²) in [4.78, 5) is 7.13. The van der Waals surface area contributed by atoms with E-state index in [2.05, 4.69) is 29.4 Å². The molecule has 0 atom stereocenters. The fourth-order valence-corrected chi connectivity index (χ4v) is 3.63. The van der Waals surface area contributed by atoms with Crippen molar-refractivity contribution in [3.63, 3.8) is 0 Å². The molecule has 0 saturated carbocycles. The van der Waals surface area contributed by atoms with E-state index in [4.69, 9.17) is 14.5 Å². The van der Waals surface area contributed by atoms with Crippen molar-refractivity contribution < 1.29 is 13.9 Å². The lowest BCUT2D eigenvalue weighted by Crippen LogP contribution is -2.49. The number of hydrogen-bond donors (Lipinski definition) is 2. The van der Waals surface area contributed by atoms with E-state index in [1.54, 1.807) is 12.1 Å². The third-order valence-corrected chi connectivity index (χ3v) is 5.41. The van der Waals surface area contributed by atoms with Crippen molar-refractivity contribution in [2.75, 3.05) is 46.5 Å². The van der Waals surface area contributed by atoms with Crippen LogP contribution in [0.25, 0.3) is 0 Å². The lowest BCUT2D eigenvalue weighted by atomic mass is 9.89. The van der Waals surface area contributed by atoms with E-state index >= 15 is 0 Å². The van der Waals surface area contributed by atoms with Gasteiger partial charge in [-0.15, -0.1) is 24.0 Å². The van der Waals surface area contributed by atoms with Gasteiger partial charge in [-0.2, -0.15) is 0 Å². The maximum atomic E-state index is 13.9. The summed E-state index contributed by atoms with van der Waals surface area (Å²) in [7, 11) is 1.49. The van der Waals surface area contributed by atoms with Gasteiger partial charge in [0.25, 0.3) is 0 Å². The fourth-order valence-electron chi connectivity index (χ4n) is 3.63. The molecule has 3 rings (SSSR count). The van der Waals surface area contributed by atoms with Crippen molar-refractivity contribution >= 4 is 29.9 Å². The summed E-state index contributed by atoms with van der Waals surface area (Å²) in [6, 6.07) is 5.62. The molecule has 2 N–H and O–H groups in total. The number of rotatable bonds is 7. The molecule has 0 aliphatic carbocycles. The van der Waals surface area contributed by atoms with Crippen molar-refractivity contribution in [2.45, 2.75) is 39.3 Å². The molecule has 2 aliphatic rings. The maximum absolute atomic E-state index is 13.9. The van der Waals surface area contributed by atoms with Crippen molar-refractivity contribution in [2.24, 2.45) is 10.4 Å². The average molecular weight is 520 g/mol. The number of methoxy groups -OCH3 is 1. The first-order valence-corrected chi connectivity index (χ1v) is 10.2. The van der Waals surface area contributed by atoms with E-state index in [9.17, 15) is 4.39 Å². The predicted octanol–water partition coefficient (Wildman–Crippen LogP) is 3.01. The summed E-state index contributed by atoms with van der Waals surface area (Å²) in [6.45, 7) is 10.2. The highest BCUT2D eigenvalue weighted by atomic mass is 127. The number of benzene rings is 1. The van der Waals surface area contributed by atoms with E-state index in [1.807, 2.05) is 6.07 Å². The van der Waals surface area contributed by atoms with Gasteiger partial charge in [0.05, 0.1) is 26.9 Å². The monoisotopic (exact) mass is 520 g/mol. The Morgan fingerprint density at radius 1 is 1.34 bits per heavy atom. The Morgan fingerprint density at radius 2 is 2.07 bits per heavy atom. The number of ether oxygens (including phenoxy) is 2. The lowest BCUT2D eigenvalue weighted by molar-refractivity contribution is -0.0945. The van der Waals surface area contributed by atoms with Crippen LogP contribution >= 0.6 is 24.0 Å². The van der Waals surface area contributed by atoms with Crippen LogP contribution in [0.1, 0.15) is 32.3 Å². The molecular formula is C21H34FIN4O2. The molecule has 1 aromatic rings. The van der Waals surface area contributed by atoms with Gasteiger partial charge in [-0.1, -0.05) is 13.0 Å². The normalized spacial score (nSPS) is 19.8. The molecule has 2 fully saturated rings. The Hall–Kier alpha value is -1.13. The highest BCUT2D eigenvalue weighted by molar-refractivity contribution is 14.0. The minimum absolute atomic E-state index is 0. The minimum Gasteiger partial charge on any atom is -0.494 e. The Bertz CT molecular complexity index is 677. The van der Waals surface area contributed by atoms with Crippen LogP contribution in [0.15, 0.2) is 23.2 Å². The summed E-state index contributed by atoms with van der Waals surface area (Å²) >= 11 is 0. The first-order valence-electron chi connectivity index (χ1n) is 10.2. The molecule has 164 valence electrons. The zero-order valence-corrected chi connectivity index (χ0v) is 20.0. The van der Waals surface area contributed by atoms with Gasteiger partial charge in [-0.3, -0.25) is 9.89 Å². The van der Waals surface area contributed by atoms with E-state index in [0.29, 0.717) is 11.8 Å². The number of hydrogen-bond acceptors (Lipinski definition) is 4. The molecule has 6 nitrogen and oxygen atoms in total. The molecule has 0 unspecified atom stereocenters. The summed E-state index contributed by atoms with van der Waals surface area (Å²) < 4.78 is 24.2. The zero-order valence-electron chi connectivity index (χ0n) is 17.7. The van der Waals surface area contributed by atoms with Crippen LogP contribution in [0, 0.1) is 11.2 Å². The molecule has 0 spiro atoms. The molecule has 8 heteroatoms. The highest BCUT2D eigenvalue weighted by Gasteiger charge is 2.33. The number of aliphatic imine (C=N–C) groups is 1. The third kappa shape index (κ3) is 6.96. The van der Waals surface area contributed by atoms with Gasteiger partial charge < -0.3 is 20.1 Å². The zero-order chi connectivity index (χ0) is 20.0. The van der Waals surface area contributed by atoms with Gasteiger partial charge >= 0.3 is 0 Å². The molecule has 29 heavy (non-hydrogen) atoms. The number of piperidine rings is 1. The number of guanidine groups is 1. The van der Waals surface area contributed by atoms with Crippen LogP contribution < -0.4 is 15.4 Å². The molecular weight excluding hydrogens is 486 g/mol. The molecule has 1 aromatic carbocycles. The largest absolute Gasteiger partial charge is 0.494 e. The van der Waals surface area contributed by atoms with Gasteiger partial charge in [0.1, 0.15) is 0 Å². The van der Waals surface area contributed by atoms with Crippen LogP contribution in [0.2, 0.25) is 0 Å². The van der Waals surface area contributed by atoms with Crippen LogP contribution in [0.4, 0.5) is 4.39 Å². The average Bonchev–Trinajstić information content (AvgIpc) is 2.66. The minimum atomic E-state index is -0.298. The Kier molecular flexibility index (Phi) is 9.42. The molecule has 0 bridgehead atoms. The van der Waals surface area contributed by atoms with Crippen LogP contribution in [0.5, 0.6) is 5.75 Å². The molecule has 2 heterocycles. The Morgan fingerprint density at radius 3 is 2.62 bits per heavy atom. The second-order valence-corrected chi connectivity index (χ2v) is 8.16. The van der Waals surface area contributed by atoms with Gasteiger partial charge in [0, 0.05) is 37.6 Å². The van der Waals surface area contributed by atoms with Crippen LogP contribution in [-0.2, 0) is 11.3 Å². The summed E-state index contributed by atoms with van der Waals surface area (Å²) in [6.07, 6.45) is 2.09. The van der Waals surface area contributed by atoms with Crippen molar-refractivity contribution in [3.05, 3.63) is 29.6 Å². The smallest absolute Gasteiger partial charge is 0.191 e. The molecule has 0 aromatic heterocycles. The van der Waals surface area contributed by atoms with E-state index in [-0.39, 0.29) is 35.2 Å². The number of nitrogens with zero attached hydrogens (tertiary/aromatic N) is 2. The van der Waals surface area contributed by atoms with Crippen molar-refractivity contribution in [1.29, 1.82) is 0 Å². The fraction of sp³-hybridized carbons (Fsp3) is 0.667. The van der Waals surface area contributed by atoms with Crippen LogP contribution in [-0.4, -0.2) is 63.4 Å². The van der Waals surface area contributed by atoms with E-state index < -0.39 is 0 Å². The maximum Gasteiger partial charge on any atom is 0.191 e. The highest BCUT2D eigenvalue weighted by Crippen LogP contribution is 2.26. The summed E-state index contributed by atoms with van der Waals surface area (Å²) in [5.74, 6) is 0.893. The number of likely N-dealkylation sites (tertiary alicyclic amines) is 1. The van der Waals surface area contributed by atoms with Crippen molar-refractivity contribution in [1.82, 2.24) is 15.5 Å². The van der Waals surface area contributed by atoms with Gasteiger partial charge in [-0.25, -0.2) is 4.39 Å². The topological polar surface area (TPSA) is 58.1 Å². The Balaban J connectivity index is 0.00000300. The van der Waals surface area contributed by atoms with Gasteiger partial charge in [0.2, 0.25) is 0 Å².